The van der Waals surface area contributed by atoms with Crippen LogP contribution in [0.2, 0.25) is 0 Å². The van der Waals surface area contributed by atoms with Gasteiger partial charge in [0, 0.05) is 6.04 Å². The zero-order valence-electron chi connectivity index (χ0n) is 11.3. The Morgan fingerprint density at radius 3 is 2.74 bits per heavy atom. The van der Waals surface area contributed by atoms with Crippen molar-refractivity contribution in [2.75, 3.05) is 7.05 Å². The van der Waals surface area contributed by atoms with E-state index in [9.17, 15) is 0 Å². The van der Waals surface area contributed by atoms with Crippen molar-refractivity contribution in [2.24, 2.45) is 0 Å². The highest BCUT2D eigenvalue weighted by atomic mass is 16.5. The fourth-order valence-electron chi connectivity index (χ4n) is 1.68. The lowest BCUT2D eigenvalue weighted by atomic mass is 10.1. The van der Waals surface area contributed by atoms with Crippen LogP contribution in [0.15, 0.2) is 35.2 Å². The Bertz CT molecular complexity index is 468. The first kappa shape index (κ1) is 13.5. The van der Waals surface area contributed by atoms with Gasteiger partial charge < -0.3 is 14.6 Å². The van der Waals surface area contributed by atoms with Crippen molar-refractivity contribution < 1.29 is 9.26 Å². The molecule has 0 bridgehead atoms. The van der Waals surface area contributed by atoms with Crippen molar-refractivity contribution in [3.05, 3.63) is 42.0 Å². The van der Waals surface area contributed by atoms with E-state index in [0.717, 1.165) is 18.6 Å². The predicted molar refractivity (Wildman–Crippen MR) is 71.9 cm³/mol. The molecule has 5 heteroatoms. The molecule has 0 radical (unpaired) electrons. The number of hydrogen-bond donors (Lipinski definition) is 1. The summed E-state index contributed by atoms with van der Waals surface area (Å²) in [6.07, 6.45) is 3.48. The third kappa shape index (κ3) is 4.37. The number of ether oxygens (including phenoxy) is 1. The third-order valence-electron chi connectivity index (χ3n) is 3.06. The minimum Gasteiger partial charge on any atom is -0.485 e. The monoisotopic (exact) mass is 261 g/mol. The van der Waals surface area contributed by atoms with Gasteiger partial charge in [-0.2, -0.15) is 4.98 Å². The average molecular weight is 261 g/mol. The van der Waals surface area contributed by atoms with Gasteiger partial charge in [0.25, 0.3) is 0 Å². The molecule has 5 nitrogen and oxygen atoms in total. The van der Waals surface area contributed by atoms with Crippen molar-refractivity contribution >= 4 is 0 Å². The van der Waals surface area contributed by atoms with E-state index in [4.69, 9.17) is 4.74 Å². The van der Waals surface area contributed by atoms with E-state index in [1.54, 1.807) is 0 Å². The van der Waals surface area contributed by atoms with Crippen LogP contribution in [-0.4, -0.2) is 23.2 Å². The summed E-state index contributed by atoms with van der Waals surface area (Å²) < 4.78 is 10.2. The Morgan fingerprint density at radius 2 is 2.11 bits per heavy atom. The maximum Gasteiger partial charge on any atom is 0.213 e. The Morgan fingerprint density at radius 1 is 1.32 bits per heavy atom. The van der Waals surface area contributed by atoms with Gasteiger partial charge in [-0.1, -0.05) is 17.3 Å². The molecule has 19 heavy (non-hydrogen) atoms. The molecule has 1 heterocycles. The van der Waals surface area contributed by atoms with E-state index in [1.807, 2.05) is 19.2 Å². The number of aryl methyl sites for hydroxylation is 1. The highest BCUT2D eigenvalue weighted by molar-refractivity contribution is 5.27. The van der Waals surface area contributed by atoms with Gasteiger partial charge in [-0.15, -0.1) is 0 Å². The van der Waals surface area contributed by atoms with Gasteiger partial charge in [-0.25, -0.2) is 0 Å². The van der Waals surface area contributed by atoms with E-state index in [1.165, 1.54) is 12.0 Å². The first-order chi connectivity index (χ1) is 9.28. The minimum atomic E-state index is 0.326. The summed E-state index contributed by atoms with van der Waals surface area (Å²) in [6.45, 7) is 2.51. The molecule has 1 N–H and O–H groups in total. The number of nitrogens with one attached hydrogen (secondary N) is 1. The van der Waals surface area contributed by atoms with E-state index >= 15 is 0 Å². The Labute approximate surface area is 113 Å². The van der Waals surface area contributed by atoms with Crippen molar-refractivity contribution in [2.45, 2.75) is 32.4 Å². The fraction of sp³-hybridized carbons (Fsp3) is 0.429. The minimum absolute atomic E-state index is 0.326. The second-order valence-corrected chi connectivity index (χ2v) is 4.51. The van der Waals surface area contributed by atoms with Crippen LogP contribution < -0.4 is 10.1 Å². The summed E-state index contributed by atoms with van der Waals surface area (Å²) in [5, 5.41) is 6.92. The van der Waals surface area contributed by atoms with Crippen LogP contribution in [0, 0.1) is 0 Å². The van der Waals surface area contributed by atoms with Gasteiger partial charge in [0.2, 0.25) is 12.2 Å². The quantitative estimate of drug-likeness (QED) is 0.828. The van der Waals surface area contributed by atoms with Crippen LogP contribution in [0.5, 0.6) is 5.75 Å². The van der Waals surface area contributed by atoms with Crippen LogP contribution >= 0.6 is 0 Å². The van der Waals surface area contributed by atoms with Gasteiger partial charge in [0.1, 0.15) is 5.75 Å². The molecule has 0 saturated heterocycles. The molecule has 2 aromatic rings. The van der Waals surface area contributed by atoms with Crippen molar-refractivity contribution in [3.63, 3.8) is 0 Å². The molecular weight excluding hydrogens is 242 g/mol. The molecule has 102 valence electrons. The average Bonchev–Trinajstić information content (AvgIpc) is 2.97. The summed E-state index contributed by atoms with van der Waals surface area (Å²) >= 11 is 0. The van der Waals surface area contributed by atoms with Crippen molar-refractivity contribution in [1.82, 2.24) is 15.5 Å². The normalized spacial score (nSPS) is 12.3. The maximum atomic E-state index is 5.55. The number of rotatable bonds is 7. The van der Waals surface area contributed by atoms with Crippen LogP contribution in [0.25, 0.3) is 0 Å². The summed E-state index contributed by atoms with van der Waals surface area (Å²) in [5.41, 5.74) is 1.31. The molecule has 0 fully saturated rings. The van der Waals surface area contributed by atoms with Gasteiger partial charge in [-0.3, -0.25) is 0 Å². The van der Waals surface area contributed by atoms with Crippen LogP contribution in [-0.2, 0) is 13.0 Å². The topological polar surface area (TPSA) is 60.2 Å². The molecule has 1 atom stereocenters. The molecule has 0 amide bonds. The van der Waals surface area contributed by atoms with Gasteiger partial charge in [0.05, 0.1) is 0 Å². The third-order valence-corrected chi connectivity index (χ3v) is 3.06. The largest absolute Gasteiger partial charge is 0.485 e. The van der Waals surface area contributed by atoms with Crippen LogP contribution in [0.4, 0.5) is 0 Å². The van der Waals surface area contributed by atoms with Crippen molar-refractivity contribution in [1.29, 1.82) is 0 Å². The molecule has 0 aliphatic heterocycles. The first-order valence-corrected chi connectivity index (χ1v) is 6.42. The molecule has 1 unspecified atom stereocenters. The number of nitrogens with zero attached hydrogens (tertiary/aromatic N) is 2. The molecule has 1 aromatic carbocycles. The standard InChI is InChI=1S/C14H19N3O2/c1-11(15-2)3-4-12-5-7-13(8-6-12)18-9-14-16-10-19-17-14/h5-8,10-11,15H,3-4,9H2,1-2H3. The molecule has 0 spiro atoms. The van der Waals surface area contributed by atoms with E-state index < -0.39 is 0 Å². The zero-order valence-corrected chi connectivity index (χ0v) is 11.3. The first-order valence-electron chi connectivity index (χ1n) is 6.42. The van der Waals surface area contributed by atoms with E-state index in [0.29, 0.717) is 18.5 Å². The lowest BCUT2D eigenvalue weighted by molar-refractivity contribution is 0.286. The van der Waals surface area contributed by atoms with E-state index in [2.05, 4.69) is 39.0 Å². The number of hydrogen-bond acceptors (Lipinski definition) is 5. The second-order valence-electron chi connectivity index (χ2n) is 4.51. The number of aromatic nitrogens is 2. The van der Waals surface area contributed by atoms with E-state index in [-0.39, 0.29) is 0 Å². The summed E-state index contributed by atoms with van der Waals surface area (Å²) in [5.74, 6) is 1.36. The Balaban J connectivity index is 1.81. The highest BCUT2D eigenvalue weighted by Gasteiger charge is 2.02. The van der Waals surface area contributed by atoms with Gasteiger partial charge in [-0.05, 0) is 44.5 Å². The molecule has 0 aliphatic carbocycles. The molecule has 0 aliphatic rings. The number of benzene rings is 1. The summed E-state index contributed by atoms with van der Waals surface area (Å²) in [6, 6.07) is 8.66. The summed E-state index contributed by atoms with van der Waals surface area (Å²) in [4.78, 5) is 3.90. The second kappa shape index (κ2) is 6.89. The smallest absolute Gasteiger partial charge is 0.213 e. The summed E-state index contributed by atoms with van der Waals surface area (Å²) in [7, 11) is 1.99. The van der Waals surface area contributed by atoms with Crippen LogP contribution in [0.3, 0.4) is 0 Å². The van der Waals surface area contributed by atoms with Crippen molar-refractivity contribution in [3.8, 4) is 5.75 Å². The van der Waals surface area contributed by atoms with Gasteiger partial charge >= 0.3 is 0 Å². The van der Waals surface area contributed by atoms with Gasteiger partial charge in [0.15, 0.2) is 6.61 Å². The van der Waals surface area contributed by atoms with Crippen LogP contribution in [0.1, 0.15) is 24.7 Å². The molecule has 2 rings (SSSR count). The molecule has 0 saturated carbocycles. The molecule has 1 aromatic heterocycles. The highest BCUT2D eigenvalue weighted by Crippen LogP contribution is 2.14. The Hall–Kier alpha value is -1.88. The maximum absolute atomic E-state index is 5.55. The lowest BCUT2D eigenvalue weighted by Gasteiger charge is -2.10. The lowest BCUT2D eigenvalue weighted by Crippen LogP contribution is -2.21. The molecular formula is C14H19N3O2. The zero-order chi connectivity index (χ0) is 13.5. The predicted octanol–water partition coefficient (Wildman–Crippen LogP) is 2.19. The Kier molecular flexibility index (Phi) is 4.92. The fourth-order valence-corrected chi connectivity index (χ4v) is 1.68. The SMILES string of the molecule is CNC(C)CCc1ccc(OCc2ncon2)cc1.